The summed E-state index contributed by atoms with van der Waals surface area (Å²) in [4.78, 5) is 13.1. The highest BCUT2D eigenvalue weighted by molar-refractivity contribution is 5.80. The maximum absolute atomic E-state index is 13.1. The van der Waals surface area contributed by atoms with Crippen molar-refractivity contribution in [1.29, 1.82) is 0 Å². The lowest BCUT2D eigenvalue weighted by atomic mass is 9.93. The molecule has 1 amide bonds. The van der Waals surface area contributed by atoms with E-state index in [0.717, 1.165) is 34.0 Å². The van der Waals surface area contributed by atoms with E-state index in [1.54, 1.807) is 0 Å². The van der Waals surface area contributed by atoms with Crippen molar-refractivity contribution in [3.05, 3.63) is 76.6 Å². The highest BCUT2D eigenvalue weighted by atomic mass is 16.6. The van der Waals surface area contributed by atoms with Crippen LogP contribution in [0.3, 0.4) is 0 Å². The number of aryl methyl sites for hydroxylation is 1. The Hall–Kier alpha value is -3.36. The third-order valence-corrected chi connectivity index (χ3v) is 6.39. The van der Waals surface area contributed by atoms with E-state index in [9.17, 15) is 4.79 Å². The van der Waals surface area contributed by atoms with Gasteiger partial charge < -0.3 is 14.8 Å². The maximum Gasteiger partial charge on any atom is 0.226 e. The average Bonchev–Trinajstić information content (AvgIpc) is 3.43. The van der Waals surface area contributed by atoms with Gasteiger partial charge in [-0.05, 0) is 37.1 Å². The number of rotatable bonds is 6. The number of benzene rings is 2. The van der Waals surface area contributed by atoms with Gasteiger partial charge in [0, 0.05) is 24.3 Å². The fraction of sp³-hybridized carbons (Fsp3) is 0.360. The van der Waals surface area contributed by atoms with Crippen LogP contribution in [0, 0.1) is 19.8 Å². The first kappa shape index (κ1) is 21.5. The molecule has 2 atom stereocenters. The van der Waals surface area contributed by atoms with Crippen molar-refractivity contribution in [3.8, 4) is 11.5 Å². The molecule has 1 aromatic heterocycles. The quantitative estimate of drug-likeness (QED) is 0.538. The molecule has 0 radical (unpaired) electrons. The number of nitrogens with one attached hydrogen (secondary N) is 3. The standard InChI is InChI=1S/C25H29N5O3/c1-16-20(17(2)30(29-16)15-18-6-4-3-5-7-18)13-26-25(31)21-14-27-28-24(21)19-8-9-22-23(12-19)33-11-10-32-22/h3-9,12,21,24,27-28H,10-11,13-15H2,1-2H3,(H,26,31). The lowest BCUT2D eigenvalue weighted by Crippen LogP contribution is -2.35. The number of nitrogens with zero attached hydrogens (tertiary/aromatic N) is 2. The molecule has 33 heavy (non-hydrogen) atoms. The topological polar surface area (TPSA) is 89.4 Å². The summed E-state index contributed by atoms with van der Waals surface area (Å²) in [5, 5.41) is 7.83. The summed E-state index contributed by atoms with van der Waals surface area (Å²) in [5.74, 6) is 1.23. The smallest absolute Gasteiger partial charge is 0.226 e. The van der Waals surface area contributed by atoms with Gasteiger partial charge in [-0.15, -0.1) is 0 Å². The van der Waals surface area contributed by atoms with Crippen molar-refractivity contribution >= 4 is 5.91 Å². The number of carbonyl (C=O) groups excluding carboxylic acids is 1. The average molecular weight is 448 g/mol. The van der Waals surface area contributed by atoms with Crippen molar-refractivity contribution < 1.29 is 14.3 Å². The molecule has 2 aliphatic heterocycles. The second-order valence-corrected chi connectivity index (χ2v) is 8.52. The minimum absolute atomic E-state index is 0.00185. The van der Waals surface area contributed by atoms with E-state index in [4.69, 9.17) is 14.6 Å². The second-order valence-electron chi connectivity index (χ2n) is 8.52. The van der Waals surface area contributed by atoms with Gasteiger partial charge in [0.15, 0.2) is 11.5 Å². The number of aromatic nitrogens is 2. The Labute approximate surface area is 193 Å². The zero-order valence-corrected chi connectivity index (χ0v) is 18.9. The van der Waals surface area contributed by atoms with Gasteiger partial charge in [0.1, 0.15) is 13.2 Å². The molecular weight excluding hydrogens is 418 g/mol. The summed E-state index contributed by atoms with van der Waals surface area (Å²) in [6.45, 7) is 6.86. The van der Waals surface area contributed by atoms with Crippen LogP contribution in [0.25, 0.3) is 0 Å². The molecule has 5 rings (SSSR count). The highest BCUT2D eigenvalue weighted by Crippen LogP contribution is 2.35. The first-order chi connectivity index (χ1) is 16.1. The Morgan fingerprint density at radius 1 is 1.12 bits per heavy atom. The van der Waals surface area contributed by atoms with Crippen molar-refractivity contribution in [2.45, 2.75) is 33.0 Å². The zero-order valence-electron chi connectivity index (χ0n) is 18.9. The van der Waals surface area contributed by atoms with Crippen LogP contribution in [-0.2, 0) is 17.9 Å². The molecule has 2 unspecified atom stereocenters. The van der Waals surface area contributed by atoms with Crippen LogP contribution in [0.4, 0.5) is 0 Å². The van der Waals surface area contributed by atoms with E-state index in [-0.39, 0.29) is 17.9 Å². The molecule has 0 spiro atoms. The molecule has 8 nitrogen and oxygen atoms in total. The monoisotopic (exact) mass is 447 g/mol. The number of carbonyl (C=O) groups is 1. The molecule has 172 valence electrons. The molecule has 0 aliphatic carbocycles. The molecule has 2 aromatic carbocycles. The van der Waals surface area contributed by atoms with E-state index in [0.29, 0.717) is 32.8 Å². The minimum atomic E-state index is -0.243. The van der Waals surface area contributed by atoms with E-state index in [1.807, 2.05) is 48.0 Å². The number of hydrogen-bond donors (Lipinski definition) is 3. The lowest BCUT2D eigenvalue weighted by Gasteiger charge is -2.22. The molecule has 1 fully saturated rings. The molecule has 8 heteroatoms. The lowest BCUT2D eigenvalue weighted by molar-refractivity contribution is -0.125. The van der Waals surface area contributed by atoms with E-state index < -0.39 is 0 Å². The number of hydrazine groups is 1. The largest absolute Gasteiger partial charge is 0.486 e. The van der Waals surface area contributed by atoms with Gasteiger partial charge in [0.25, 0.3) is 0 Å². The van der Waals surface area contributed by atoms with Crippen molar-refractivity contribution in [2.75, 3.05) is 19.8 Å². The van der Waals surface area contributed by atoms with Gasteiger partial charge in [-0.1, -0.05) is 36.4 Å². The fourth-order valence-corrected chi connectivity index (χ4v) is 4.52. The third-order valence-electron chi connectivity index (χ3n) is 6.39. The van der Waals surface area contributed by atoms with Gasteiger partial charge in [-0.2, -0.15) is 5.10 Å². The Morgan fingerprint density at radius 2 is 1.91 bits per heavy atom. The van der Waals surface area contributed by atoms with Crippen LogP contribution in [0.1, 0.15) is 34.1 Å². The molecule has 2 aliphatic rings. The molecule has 0 saturated carbocycles. The molecule has 1 saturated heterocycles. The molecular formula is C25H29N5O3. The van der Waals surface area contributed by atoms with E-state index in [2.05, 4.69) is 35.2 Å². The minimum Gasteiger partial charge on any atom is -0.486 e. The van der Waals surface area contributed by atoms with Gasteiger partial charge in [-0.25, -0.2) is 5.43 Å². The van der Waals surface area contributed by atoms with Gasteiger partial charge in [0.05, 0.1) is 24.2 Å². The van der Waals surface area contributed by atoms with Crippen molar-refractivity contribution in [1.82, 2.24) is 25.9 Å². The number of amides is 1. The van der Waals surface area contributed by atoms with E-state index >= 15 is 0 Å². The summed E-state index contributed by atoms with van der Waals surface area (Å²) in [7, 11) is 0. The van der Waals surface area contributed by atoms with Crippen molar-refractivity contribution in [3.63, 3.8) is 0 Å². The Kier molecular flexibility index (Phi) is 6.02. The second kappa shape index (κ2) is 9.25. The number of ether oxygens (including phenoxy) is 2. The Morgan fingerprint density at radius 3 is 2.73 bits per heavy atom. The SMILES string of the molecule is Cc1nn(Cc2ccccc2)c(C)c1CNC(=O)C1CNNC1c1ccc2c(c1)OCCO2. The normalized spacial score (nSPS) is 19.5. The summed E-state index contributed by atoms with van der Waals surface area (Å²) < 4.78 is 13.3. The van der Waals surface area contributed by atoms with Crippen LogP contribution in [0.5, 0.6) is 11.5 Å². The summed E-state index contributed by atoms with van der Waals surface area (Å²) >= 11 is 0. The van der Waals surface area contributed by atoms with Crippen molar-refractivity contribution in [2.24, 2.45) is 5.92 Å². The molecule has 3 heterocycles. The van der Waals surface area contributed by atoms with Gasteiger partial charge in [-0.3, -0.25) is 14.9 Å². The van der Waals surface area contributed by atoms with Crippen LogP contribution < -0.4 is 25.6 Å². The van der Waals surface area contributed by atoms with Crippen LogP contribution in [0.15, 0.2) is 48.5 Å². The van der Waals surface area contributed by atoms with Gasteiger partial charge in [0.2, 0.25) is 5.91 Å². The Balaban J connectivity index is 1.26. The number of fused-ring (bicyclic) bond motifs is 1. The highest BCUT2D eigenvalue weighted by Gasteiger charge is 2.34. The third kappa shape index (κ3) is 4.44. The van der Waals surface area contributed by atoms with Crippen LogP contribution in [-0.4, -0.2) is 35.4 Å². The summed E-state index contributed by atoms with van der Waals surface area (Å²) in [6.07, 6.45) is 0. The Bertz CT molecular complexity index is 1140. The number of hydrogen-bond acceptors (Lipinski definition) is 6. The first-order valence-corrected chi connectivity index (χ1v) is 11.3. The summed E-state index contributed by atoms with van der Waals surface area (Å²) in [5.41, 5.74) is 11.6. The van der Waals surface area contributed by atoms with Crippen LogP contribution >= 0.6 is 0 Å². The molecule has 3 aromatic rings. The first-order valence-electron chi connectivity index (χ1n) is 11.3. The maximum atomic E-state index is 13.1. The van der Waals surface area contributed by atoms with E-state index in [1.165, 1.54) is 5.56 Å². The molecule has 3 N–H and O–H groups in total. The predicted molar refractivity (Wildman–Crippen MR) is 124 cm³/mol. The predicted octanol–water partition coefficient (Wildman–Crippen LogP) is 2.40. The fourth-order valence-electron chi connectivity index (χ4n) is 4.52. The van der Waals surface area contributed by atoms with Crippen LogP contribution in [0.2, 0.25) is 0 Å². The summed E-state index contributed by atoms with van der Waals surface area (Å²) in [6, 6.07) is 16.0. The van der Waals surface area contributed by atoms with Gasteiger partial charge >= 0.3 is 0 Å². The molecule has 0 bridgehead atoms. The zero-order chi connectivity index (χ0) is 22.8.